The van der Waals surface area contributed by atoms with Crippen LogP contribution in [0.1, 0.15) is 59.8 Å². The molecule has 0 aliphatic heterocycles. The predicted molar refractivity (Wildman–Crippen MR) is 76.7 cm³/mol. The van der Waals surface area contributed by atoms with Crippen molar-refractivity contribution in [2.24, 2.45) is 35.5 Å². The summed E-state index contributed by atoms with van der Waals surface area (Å²) in [6.45, 7) is 8.47. The van der Waals surface area contributed by atoms with Crippen molar-refractivity contribution >= 4 is 11.6 Å². The molecule has 0 amide bonds. The molecule has 2 rings (SSSR count). The number of Topliss-reactive ketones (excluding diaryl/α,β-unsaturated/α-hetero) is 2. The number of hydrogen-bond acceptors (Lipinski definition) is 2. The summed E-state index contributed by atoms with van der Waals surface area (Å²) in [4.78, 5) is 25.5. The molecule has 0 radical (unpaired) electrons. The lowest BCUT2D eigenvalue weighted by Crippen LogP contribution is -2.43. The van der Waals surface area contributed by atoms with Gasteiger partial charge in [-0.1, -0.05) is 34.1 Å². The van der Waals surface area contributed by atoms with Crippen molar-refractivity contribution in [3.8, 4) is 0 Å². The molecule has 2 heteroatoms. The van der Waals surface area contributed by atoms with Crippen molar-refractivity contribution in [1.82, 2.24) is 0 Å². The molecule has 2 nitrogen and oxygen atoms in total. The largest absolute Gasteiger partial charge is 0.299 e. The van der Waals surface area contributed by atoms with Crippen molar-refractivity contribution in [2.75, 3.05) is 0 Å². The van der Waals surface area contributed by atoms with Gasteiger partial charge in [0, 0.05) is 11.8 Å². The molecular formula is C17H28O2. The van der Waals surface area contributed by atoms with Crippen LogP contribution in [0, 0.1) is 35.5 Å². The maximum atomic E-state index is 12.8. The minimum Gasteiger partial charge on any atom is -0.299 e. The Labute approximate surface area is 117 Å². The highest BCUT2D eigenvalue weighted by Gasteiger charge is 2.46. The number of ketones is 2. The molecule has 2 aliphatic rings. The van der Waals surface area contributed by atoms with Crippen LogP contribution >= 0.6 is 0 Å². The van der Waals surface area contributed by atoms with E-state index in [1.54, 1.807) is 0 Å². The Balaban J connectivity index is 2.25. The van der Waals surface area contributed by atoms with Gasteiger partial charge in [-0.05, 0) is 43.4 Å². The predicted octanol–water partition coefficient (Wildman–Crippen LogP) is 3.88. The van der Waals surface area contributed by atoms with Crippen molar-refractivity contribution in [3.63, 3.8) is 0 Å². The van der Waals surface area contributed by atoms with E-state index in [1.807, 2.05) is 0 Å². The number of fused-ring (bicyclic) bond motifs is 1. The minimum absolute atomic E-state index is 0.116. The van der Waals surface area contributed by atoms with E-state index in [0.717, 1.165) is 32.1 Å². The van der Waals surface area contributed by atoms with Crippen LogP contribution in [0.15, 0.2) is 0 Å². The molecule has 0 saturated heterocycles. The third kappa shape index (κ3) is 2.78. The molecule has 0 heterocycles. The van der Waals surface area contributed by atoms with Crippen molar-refractivity contribution in [1.29, 1.82) is 0 Å². The first-order valence-corrected chi connectivity index (χ1v) is 8.01. The Hall–Kier alpha value is -0.660. The highest BCUT2D eigenvalue weighted by atomic mass is 16.2. The van der Waals surface area contributed by atoms with Crippen LogP contribution in [0.2, 0.25) is 0 Å². The number of carbonyl (C=O) groups excluding carboxylic acids is 2. The van der Waals surface area contributed by atoms with E-state index in [4.69, 9.17) is 0 Å². The number of rotatable bonds is 2. The van der Waals surface area contributed by atoms with Crippen LogP contribution in [-0.4, -0.2) is 11.6 Å². The second-order valence-electron chi connectivity index (χ2n) is 7.25. The highest BCUT2D eigenvalue weighted by Crippen LogP contribution is 2.42. The van der Waals surface area contributed by atoms with E-state index in [9.17, 15) is 9.59 Å². The van der Waals surface area contributed by atoms with E-state index in [-0.39, 0.29) is 29.3 Å². The maximum absolute atomic E-state index is 12.8. The second kappa shape index (κ2) is 5.76. The Morgan fingerprint density at radius 2 is 1.32 bits per heavy atom. The molecule has 2 unspecified atom stereocenters. The van der Waals surface area contributed by atoms with Crippen LogP contribution in [0.5, 0.6) is 0 Å². The average molecular weight is 264 g/mol. The lowest BCUT2D eigenvalue weighted by Gasteiger charge is -2.35. The summed E-state index contributed by atoms with van der Waals surface area (Å²) in [7, 11) is 0. The quantitative estimate of drug-likeness (QED) is 0.709. The van der Waals surface area contributed by atoms with Gasteiger partial charge >= 0.3 is 0 Å². The van der Waals surface area contributed by atoms with Crippen LogP contribution in [0.3, 0.4) is 0 Å². The molecule has 0 aromatic rings. The zero-order valence-corrected chi connectivity index (χ0v) is 12.8. The monoisotopic (exact) mass is 264 g/mol. The van der Waals surface area contributed by atoms with E-state index in [1.165, 1.54) is 0 Å². The van der Waals surface area contributed by atoms with Gasteiger partial charge in [0.2, 0.25) is 0 Å². The molecule has 0 spiro atoms. The third-order valence-corrected chi connectivity index (χ3v) is 5.36. The first-order valence-electron chi connectivity index (χ1n) is 8.01. The highest BCUT2D eigenvalue weighted by molar-refractivity contribution is 6.05. The van der Waals surface area contributed by atoms with Gasteiger partial charge in [0.25, 0.3) is 0 Å². The molecule has 2 saturated carbocycles. The fraction of sp³-hybridized carbons (Fsp3) is 0.882. The molecule has 0 aromatic heterocycles. The van der Waals surface area contributed by atoms with Crippen LogP contribution < -0.4 is 0 Å². The van der Waals surface area contributed by atoms with Gasteiger partial charge in [0.15, 0.2) is 0 Å². The summed E-state index contributed by atoms with van der Waals surface area (Å²) in [5.41, 5.74) is 0. The van der Waals surface area contributed by atoms with E-state index in [2.05, 4.69) is 27.7 Å². The first-order chi connectivity index (χ1) is 8.93. The molecule has 4 atom stereocenters. The van der Waals surface area contributed by atoms with Crippen LogP contribution in [0.25, 0.3) is 0 Å². The molecule has 19 heavy (non-hydrogen) atoms. The fourth-order valence-corrected chi connectivity index (χ4v) is 4.15. The van der Waals surface area contributed by atoms with Crippen molar-refractivity contribution in [3.05, 3.63) is 0 Å². The summed E-state index contributed by atoms with van der Waals surface area (Å²) in [6.07, 6.45) is 5.27. The van der Waals surface area contributed by atoms with Gasteiger partial charge in [-0.25, -0.2) is 0 Å². The van der Waals surface area contributed by atoms with E-state index in [0.29, 0.717) is 17.8 Å². The molecule has 0 bridgehead atoms. The Kier molecular flexibility index (Phi) is 4.47. The SMILES string of the molecule is CC(C)[C@H]1CCCC2CC[C@H](C(C)C)C(=O)C2C1=O. The molecule has 2 aliphatic carbocycles. The minimum atomic E-state index is -0.268. The van der Waals surface area contributed by atoms with Crippen molar-refractivity contribution in [2.45, 2.75) is 59.8 Å². The van der Waals surface area contributed by atoms with E-state index < -0.39 is 0 Å². The zero-order valence-electron chi connectivity index (χ0n) is 12.8. The first kappa shape index (κ1) is 14.7. The molecule has 2 fully saturated rings. The maximum Gasteiger partial charge on any atom is 0.146 e. The summed E-state index contributed by atoms with van der Waals surface area (Å²) in [5.74, 6) is 1.60. The molecule has 108 valence electrons. The smallest absolute Gasteiger partial charge is 0.146 e. The summed E-state index contributed by atoms with van der Waals surface area (Å²) in [6, 6.07) is 0. The fourth-order valence-electron chi connectivity index (χ4n) is 4.15. The number of hydrogen-bond donors (Lipinski definition) is 0. The van der Waals surface area contributed by atoms with Gasteiger partial charge in [0.05, 0.1) is 5.92 Å². The summed E-state index contributed by atoms with van der Waals surface area (Å²) >= 11 is 0. The lowest BCUT2D eigenvalue weighted by molar-refractivity contribution is -0.143. The van der Waals surface area contributed by atoms with Crippen LogP contribution in [0.4, 0.5) is 0 Å². The third-order valence-electron chi connectivity index (χ3n) is 5.36. The summed E-state index contributed by atoms with van der Waals surface area (Å²) in [5, 5.41) is 0. The van der Waals surface area contributed by atoms with E-state index >= 15 is 0 Å². The topological polar surface area (TPSA) is 34.1 Å². The van der Waals surface area contributed by atoms with Gasteiger partial charge < -0.3 is 0 Å². The Bertz CT molecular complexity index is 356. The Morgan fingerprint density at radius 3 is 1.84 bits per heavy atom. The summed E-state index contributed by atoms with van der Waals surface area (Å²) < 4.78 is 0. The van der Waals surface area contributed by atoms with Gasteiger partial charge in [-0.2, -0.15) is 0 Å². The molecular weight excluding hydrogens is 236 g/mol. The van der Waals surface area contributed by atoms with Crippen LogP contribution in [-0.2, 0) is 9.59 Å². The van der Waals surface area contributed by atoms with Gasteiger partial charge in [0.1, 0.15) is 11.6 Å². The van der Waals surface area contributed by atoms with Gasteiger partial charge in [-0.3, -0.25) is 9.59 Å². The number of carbonyl (C=O) groups is 2. The molecule has 0 aromatic carbocycles. The Morgan fingerprint density at radius 1 is 0.789 bits per heavy atom. The second-order valence-corrected chi connectivity index (χ2v) is 7.25. The average Bonchev–Trinajstić information content (AvgIpc) is 2.49. The molecule has 0 N–H and O–H groups in total. The zero-order chi connectivity index (χ0) is 14.2. The standard InChI is InChI=1S/C17H28O2/c1-10(2)13-7-5-6-12-8-9-14(11(3)4)17(19)15(12)16(13)18/h10-15H,5-9H2,1-4H3/t12?,13-,14-,15?/m1/s1. The van der Waals surface area contributed by atoms with Crippen molar-refractivity contribution < 1.29 is 9.59 Å². The lowest BCUT2D eigenvalue weighted by atomic mass is 9.66. The normalized spacial score (nSPS) is 36.5. The van der Waals surface area contributed by atoms with Gasteiger partial charge in [-0.15, -0.1) is 0 Å².